The molecule has 0 bridgehead atoms. The molecule has 1 aromatic heterocycles. The molecule has 1 aromatic rings. The van der Waals surface area contributed by atoms with E-state index >= 15 is 0 Å². The highest BCUT2D eigenvalue weighted by Crippen LogP contribution is 2.39. The smallest absolute Gasteiger partial charge is 0.222 e. The Morgan fingerprint density at radius 3 is 2.94 bits per heavy atom. The van der Waals surface area contributed by atoms with Gasteiger partial charge in [0.15, 0.2) is 0 Å². The molecule has 1 aliphatic heterocycles. The van der Waals surface area contributed by atoms with Gasteiger partial charge in [-0.2, -0.15) is 0 Å². The van der Waals surface area contributed by atoms with Gasteiger partial charge in [-0.15, -0.1) is 11.3 Å². The van der Waals surface area contributed by atoms with Gasteiger partial charge in [-0.1, -0.05) is 11.6 Å². The van der Waals surface area contributed by atoms with E-state index in [0.717, 1.165) is 15.8 Å². The molecule has 88 valence electrons. The van der Waals surface area contributed by atoms with Gasteiger partial charge in [0.2, 0.25) is 5.91 Å². The van der Waals surface area contributed by atoms with E-state index in [0.29, 0.717) is 10.8 Å². The first-order valence-corrected chi connectivity index (χ1v) is 6.95. The van der Waals surface area contributed by atoms with Crippen LogP contribution in [0.5, 0.6) is 0 Å². The fraction of sp³-hybridized carbons (Fsp3) is 0.500. The quantitative estimate of drug-likeness (QED) is 0.864. The van der Waals surface area contributed by atoms with Gasteiger partial charge in [-0.05, 0) is 28.4 Å². The first-order valence-electron chi connectivity index (χ1n) is 4.96. The third kappa shape index (κ3) is 2.14. The van der Waals surface area contributed by atoms with Gasteiger partial charge in [-0.3, -0.25) is 4.79 Å². The van der Waals surface area contributed by atoms with Crippen LogP contribution in [0.25, 0.3) is 0 Å². The first kappa shape index (κ1) is 12.4. The Balaban J connectivity index is 2.33. The van der Waals surface area contributed by atoms with Crippen molar-refractivity contribution in [3.8, 4) is 0 Å². The third-order valence-electron chi connectivity index (χ3n) is 2.86. The molecule has 2 unspecified atom stereocenters. The van der Waals surface area contributed by atoms with Crippen molar-refractivity contribution in [2.24, 2.45) is 5.73 Å². The minimum atomic E-state index is -0.0462. The second kappa shape index (κ2) is 4.64. The van der Waals surface area contributed by atoms with Crippen LogP contribution in [0.1, 0.15) is 23.8 Å². The van der Waals surface area contributed by atoms with E-state index in [1.54, 1.807) is 11.9 Å². The van der Waals surface area contributed by atoms with Crippen LogP contribution in [0, 0.1) is 0 Å². The number of likely N-dealkylation sites (N-methyl/N-ethyl adjacent to an activating group) is 1. The van der Waals surface area contributed by atoms with Crippen molar-refractivity contribution in [1.82, 2.24) is 4.90 Å². The predicted molar refractivity (Wildman–Crippen MR) is 69.7 cm³/mol. The number of rotatable bonds is 1. The molecule has 1 amide bonds. The van der Waals surface area contributed by atoms with Crippen molar-refractivity contribution in [3.05, 3.63) is 19.8 Å². The standard InChI is InChI=1S/C10H12BrClN2OS/c1-14-8(15)3-2-6(13)9(14)7-4-5(11)10(12)16-7/h4,6,9H,2-3,13H2,1H3. The lowest BCUT2D eigenvalue weighted by atomic mass is 9.96. The number of carbonyl (C=O) groups excluding carboxylic acids is 1. The second-order valence-corrected chi connectivity index (χ2v) is 6.46. The van der Waals surface area contributed by atoms with E-state index in [9.17, 15) is 4.79 Å². The van der Waals surface area contributed by atoms with Crippen molar-refractivity contribution in [1.29, 1.82) is 0 Å². The SMILES string of the molecule is CN1C(=O)CCC(N)C1c1cc(Br)c(Cl)s1. The van der Waals surface area contributed by atoms with Crippen LogP contribution in [0.3, 0.4) is 0 Å². The number of thiophene rings is 1. The average Bonchev–Trinajstić information content (AvgIpc) is 2.54. The molecule has 1 aliphatic rings. The first-order chi connectivity index (χ1) is 7.50. The fourth-order valence-corrected chi connectivity index (χ4v) is 3.93. The number of hydrogen-bond donors (Lipinski definition) is 1. The molecule has 1 fully saturated rings. The van der Waals surface area contributed by atoms with Crippen molar-refractivity contribution >= 4 is 44.8 Å². The molecule has 0 aromatic carbocycles. The van der Waals surface area contributed by atoms with Crippen molar-refractivity contribution in [2.45, 2.75) is 24.9 Å². The molecule has 6 heteroatoms. The summed E-state index contributed by atoms with van der Waals surface area (Å²) in [6.45, 7) is 0. The molecule has 1 saturated heterocycles. The van der Waals surface area contributed by atoms with Crippen molar-refractivity contribution in [2.75, 3.05) is 7.05 Å². The summed E-state index contributed by atoms with van der Waals surface area (Å²) in [5, 5.41) is 0. The van der Waals surface area contributed by atoms with Crippen LogP contribution in [0.2, 0.25) is 4.34 Å². The zero-order valence-corrected chi connectivity index (χ0v) is 11.9. The molecule has 2 N–H and O–H groups in total. The van der Waals surface area contributed by atoms with E-state index < -0.39 is 0 Å². The Kier molecular flexibility index (Phi) is 3.59. The highest BCUT2D eigenvalue weighted by molar-refractivity contribution is 9.10. The van der Waals surface area contributed by atoms with E-state index in [2.05, 4.69) is 15.9 Å². The summed E-state index contributed by atoms with van der Waals surface area (Å²) < 4.78 is 1.57. The molecular weight excluding hydrogens is 312 g/mol. The third-order valence-corrected chi connectivity index (χ3v) is 5.41. The fourth-order valence-electron chi connectivity index (χ4n) is 1.98. The van der Waals surface area contributed by atoms with Crippen LogP contribution < -0.4 is 5.73 Å². The summed E-state index contributed by atoms with van der Waals surface area (Å²) in [6, 6.07) is 1.89. The summed E-state index contributed by atoms with van der Waals surface area (Å²) in [5.74, 6) is 0.146. The molecule has 2 heterocycles. The average molecular weight is 324 g/mol. The number of likely N-dealkylation sites (tertiary alicyclic amines) is 1. The Morgan fingerprint density at radius 2 is 2.38 bits per heavy atom. The lowest BCUT2D eigenvalue weighted by Crippen LogP contribution is -2.46. The maximum absolute atomic E-state index is 11.6. The van der Waals surface area contributed by atoms with Gasteiger partial charge in [0.05, 0.1) is 6.04 Å². The summed E-state index contributed by atoms with van der Waals surface area (Å²) in [6.07, 6.45) is 1.27. The van der Waals surface area contributed by atoms with E-state index in [1.165, 1.54) is 11.3 Å². The Bertz CT molecular complexity index is 403. The number of amides is 1. The summed E-state index contributed by atoms with van der Waals surface area (Å²) in [7, 11) is 1.80. The zero-order chi connectivity index (χ0) is 11.9. The summed E-state index contributed by atoms with van der Waals surface area (Å²) >= 11 is 10.9. The van der Waals surface area contributed by atoms with Gasteiger partial charge < -0.3 is 10.6 Å². The number of nitrogens with zero attached hydrogens (tertiary/aromatic N) is 1. The van der Waals surface area contributed by atoms with Crippen LogP contribution in [-0.4, -0.2) is 23.9 Å². The number of hydrogen-bond acceptors (Lipinski definition) is 3. The van der Waals surface area contributed by atoms with Gasteiger partial charge in [-0.25, -0.2) is 0 Å². The number of halogens is 2. The van der Waals surface area contributed by atoms with E-state index in [1.807, 2.05) is 6.07 Å². The molecule has 0 saturated carbocycles. The van der Waals surface area contributed by atoms with Gasteiger partial charge >= 0.3 is 0 Å². The molecule has 2 rings (SSSR count). The largest absolute Gasteiger partial charge is 0.336 e. The number of piperidine rings is 1. The van der Waals surface area contributed by atoms with Gasteiger partial charge in [0.1, 0.15) is 4.34 Å². The van der Waals surface area contributed by atoms with Gasteiger partial charge in [0, 0.05) is 28.9 Å². The minimum Gasteiger partial charge on any atom is -0.336 e. The highest BCUT2D eigenvalue weighted by atomic mass is 79.9. The van der Waals surface area contributed by atoms with Gasteiger partial charge in [0.25, 0.3) is 0 Å². The molecule has 3 nitrogen and oxygen atoms in total. The highest BCUT2D eigenvalue weighted by Gasteiger charge is 2.33. The maximum atomic E-state index is 11.6. The maximum Gasteiger partial charge on any atom is 0.222 e. The Labute approximate surface area is 112 Å². The van der Waals surface area contributed by atoms with Crippen LogP contribution in [0.4, 0.5) is 0 Å². The van der Waals surface area contributed by atoms with Crippen LogP contribution in [-0.2, 0) is 4.79 Å². The summed E-state index contributed by atoms with van der Waals surface area (Å²) in [5.41, 5.74) is 6.08. The lowest BCUT2D eigenvalue weighted by molar-refractivity contribution is -0.135. The van der Waals surface area contributed by atoms with E-state index in [4.69, 9.17) is 17.3 Å². The predicted octanol–water partition coefficient (Wildman–Crippen LogP) is 2.78. The zero-order valence-electron chi connectivity index (χ0n) is 8.74. The minimum absolute atomic E-state index is 0.00989. The Hall–Kier alpha value is -0.100. The van der Waals surface area contributed by atoms with Crippen molar-refractivity contribution < 1.29 is 4.79 Å². The normalized spacial score (nSPS) is 26.2. The lowest BCUT2D eigenvalue weighted by Gasteiger charge is -2.36. The molecule has 0 aliphatic carbocycles. The molecule has 16 heavy (non-hydrogen) atoms. The van der Waals surface area contributed by atoms with Crippen molar-refractivity contribution in [3.63, 3.8) is 0 Å². The number of nitrogens with two attached hydrogens (primary N) is 1. The van der Waals surface area contributed by atoms with Crippen LogP contribution in [0.15, 0.2) is 10.5 Å². The number of carbonyl (C=O) groups is 1. The second-order valence-electron chi connectivity index (χ2n) is 3.92. The molecule has 0 radical (unpaired) electrons. The van der Waals surface area contributed by atoms with Crippen LogP contribution >= 0.6 is 38.9 Å². The summed E-state index contributed by atoms with van der Waals surface area (Å²) in [4.78, 5) is 14.4. The molecule has 2 atom stereocenters. The monoisotopic (exact) mass is 322 g/mol. The molecular formula is C10H12BrClN2OS. The topological polar surface area (TPSA) is 46.3 Å². The molecule has 0 spiro atoms. The van der Waals surface area contributed by atoms with E-state index in [-0.39, 0.29) is 18.0 Å². The Morgan fingerprint density at radius 1 is 1.69 bits per heavy atom.